The van der Waals surface area contributed by atoms with Crippen LogP contribution in [0.4, 0.5) is 15.3 Å². The minimum absolute atomic E-state index is 0.104. The van der Waals surface area contributed by atoms with Crippen LogP contribution >= 0.6 is 0 Å². The molecule has 0 fully saturated rings. The molecular formula is C29H43N7O8. The first-order valence-electron chi connectivity index (χ1n) is 14.3. The van der Waals surface area contributed by atoms with Crippen LogP contribution in [0.2, 0.25) is 0 Å². The molecule has 0 aliphatic carbocycles. The summed E-state index contributed by atoms with van der Waals surface area (Å²) < 4.78 is 0. The number of primary amides is 1. The molecular weight excluding hydrogens is 574 g/mol. The number of carbonyl (C=O) groups excluding carboxylic acids is 6. The largest absolute Gasteiger partial charge is 0.465 e. The molecule has 0 aromatic heterocycles. The van der Waals surface area contributed by atoms with E-state index in [0.717, 1.165) is 17.7 Å². The van der Waals surface area contributed by atoms with Gasteiger partial charge in [-0.05, 0) is 42.9 Å². The highest BCUT2D eigenvalue weighted by Crippen LogP contribution is 2.15. The smallest absolute Gasteiger partial charge is 0.414 e. The number of anilines is 1. The van der Waals surface area contributed by atoms with Crippen molar-refractivity contribution in [3.63, 3.8) is 0 Å². The average Bonchev–Trinajstić information content (AvgIpc) is 3.35. The number of urea groups is 1. The summed E-state index contributed by atoms with van der Waals surface area (Å²) in [6.45, 7) is 5.71. The molecule has 0 saturated carbocycles. The van der Waals surface area contributed by atoms with Gasteiger partial charge in [0.2, 0.25) is 17.7 Å². The Morgan fingerprint density at radius 3 is 2.05 bits per heavy atom. The van der Waals surface area contributed by atoms with Gasteiger partial charge in [0.25, 0.3) is 11.8 Å². The number of imide groups is 2. The van der Waals surface area contributed by atoms with Gasteiger partial charge in [0.05, 0.1) is 12.6 Å². The maximum atomic E-state index is 12.9. The number of amides is 8. The highest BCUT2D eigenvalue weighted by atomic mass is 16.4. The van der Waals surface area contributed by atoms with E-state index in [1.165, 1.54) is 12.2 Å². The first-order chi connectivity index (χ1) is 20.7. The zero-order valence-electron chi connectivity index (χ0n) is 25.3. The molecule has 0 spiro atoms. The number of nitrogens with one attached hydrogen (secondary N) is 4. The van der Waals surface area contributed by atoms with Crippen molar-refractivity contribution in [1.29, 1.82) is 0 Å². The lowest BCUT2D eigenvalue weighted by Gasteiger charge is -2.22. The Bertz CT molecular complexity index is 1180. The average molecular weight is 618 g/mol. The van der Waals surface area contributed by atoms with Gasteiger partial charge in [0.15, 0.2) is 0 Å². The molecule has 9 N–H and O–H groups in total. The minimum Gasteiger partial charge on any atom is -0.465 e. The van der Waals surface area contributed by atoms with Crippen LogP contribution in [0.15, 0.2) is 36.4 Å². The molecule has 1 aliphatic heterocycles. The van der Waals surface area contributed by atoms with Crippen LogP contribution in [0.25, 0.3) is 0 Å². The molecule has 242 valence electrons. The first kappa shape index (κ1) is 37.2. The number of nitrogens with zero attached hydrogens (tertiary/aromatic N) is 1. The molecule has 0 bridgehead atoms. The van der Waals surface area contributed by atoms with Gasteiger partial charge in [0, 0.05) is 30.8 Å². The van der Waals surface area contributed by atoms with Crippen molar-refractivity contribution in [1.82, 2.24) is 20.9 Å². The standard InChI is InChI=1S/C25H40N6O6.C4H3NO2/c1-4-5-6-9-20(32)31(25(36)37)15-17-10-12-18(13-11-17)29-22(33)19(8-7-14-28-24(27)35)30-23(34)21(26)16(2)3;6-3-1-2-4(7)5-3/h10-13,16,19,21H,4-9,14-15,26H2,1-3H3,(H,29,33)(H,30,34)(H,36,37)(H3,27,28,35);1-2H,(H,5,6,7)/t19-,21-;/m0./s1. The normalized spacial score (nSPS) is 13.2. The molecule has 0 radical (unpaired) electrons. The molecule has 1 aliphatic rings. The maximum absolute atomic E-state index is 12.9. The molecule has 1 aromatic carbocycles. The lowest BCUT2D eigenvalue weighted by molar-refractivity contribution is -0.130. The number of unbranched alkanes of at least 4 members (excludes halogenated alkanes) is 2. The summed E-state index contributed by atoms with van der Waals surface area (Å²) in [4.78, 5) is 81.0. The fourth-order valence-corrected chi connectivity index (χ4v) is 3.74. The predicted molar refractivity (Wildman–Crippen MR) is 162 cm³/mol. The van der Waals surface area contributed by atoms with Gasteiger partial charge >= 0.3 is 12.1 Å². The molecule has 8 amide bonds. The van der Waals surface area contributed by atoms with E-state index in [1.807, 2.05) is 12.2 Å². The Morgan fingerprint density at radius 2 is 1.57 bits per heavy atom. The fourth-order valence-electron chi connectivity index (χ4n) is 3.74. The van der Waals surface area contributed by atoms with E-state index in [0.29, 0.717) is 24.1 Å². The number of benzene rings is 1. The van der Waals surface area contributed by atoms with Crippen LogP contribution in [0.1, 0.15) is 64.9 Å². The van der Waals surface area contributed by atoms with E-state index in [2.05, 4.69) is 16.0 Å². The van der Waals surface area contributed by atoms with Gasteiger partial charge in [-0.15, -0.1) is 0 Å². The lowest BCUT2D eigenvalue weighted by atomic mass is 10.0. The molecule has 2 rings (SSSR count). The quantitative estimate of drug-likeness (QED) is 0.111. The second kappa shape index (κ2) is 19.4. The zero-order valence-corrected chi connectivity index (χ0v) is 25.3. The van der Waals surface area contributed by atoms with Crippen LogP contribution in [0, 0.1) is 5.92 Å². The Morgan fingerprint density at radius 1 is 0.955 bits per heavy atom. The van der Waals surface area contributed by atoms with E-state index in [9.17, 15) is 38.7 Å². The second-order valence-corrected chi connectivity index (χ2v) is 10.4. The van der Waals surface area contributed by atoms with E-state index < -0.39 is 41.9 Å². The van der Waals surface area contributed by atoms with Crippen molar-refractivity contribution < 1.29 is 38.7 Å². The van der Waals surface area contributed by atoms with Crippen molar-refractivity contribution in [2.45, 2.75) is 77.9 Å². The molecule has 44 heavy (non-hydrogen) atoms. The lowest BCUT2D eigenvalue weighted by Crippen LogP contribution is -2.51. The summed E-state index contributed by atoms with van der Waals surface area (Å²) in [5.74, 6) is -2.19. The number of carboxylic acid groups (broad SMARTS) is 1. The van der Waals surface area contributed by atoms with Gasteiger partial charge in [-0.1, -0.05) is 45.7 Å². The molecule has 1 aromatic rings. The summed E-state index contributed by atoms with van der Waals surface area (Å²) in [6.07, 6.45) is 4.25. The van der Waals surface area contributed by atoms with Crippen LogP contribution in [0.3, 0.4) is 0 Å². The summed E-state index contributed by atoms with van der Waals surface area (Å²) in [6, 6.07) is 4.02. The Labute approximate surface area is 256 Å². The van der Waals surface area contributed by atoms with Crippen molar-refractivity contribution in [3.8, 4) is 0 Å². The first-order valence-corrected chi connectivity index (χ1v) is 14.3. The van der Waals surface area contributed by atoms with Crippen LogP contribution in [0.5, 0.6) is 0 Å². The van der Waals surface area contributed by atoms with Gasteiger partial charge in [-0.25, -0.2) is 14.5 Å². The molecule has 0 saturated heterocycles. The SMILES string of the molecule is CCCCCC(=O)N(Cc1ccc(NC(=O)[C@H](CCCNC(N)=O)NC(=O)[C@@H](N)C(C)C)cc1)C(=O)O.O=C1C=CC(=O)N1. The summed E-state index contributed by atoms with van der Waals surface area (Å²) in [5.41, 5.74) is 12.0. The van der Waals surface area contributed by atoms with Gasteiger partial charge < -0.3 is 32.5 Å². The van der Waals surface area contributed by atoms with Crippen LogP contribution in [-0.2, 0) is 30.5 Å². The van der Waals surface area contributed by atoms with E-state index >= 15 is 0 Å². The third-order valence-electron chi connectivity index (χ3n) is 6.34. The number of nitrogens with two attached hydrogens (primary N) is 2. The topological polar surface area (TPSA) is 243 Å². The van der Waals surface area contributed by atoms with Crippen LogP contribution in [-0.4, -0.2) is 70.3 Å². The van der Waals surface area contributed by atoms with Gasteiger partial charge in [-0.2, -0.15) is 0 Å². The number of carbonyl (C=O) groups is 7. The number of hydrogen-bond donors (Lipinski definition) is 7. The maximum Gasteiger partial charge on any atom is 0.414 e. The molecule has 1 heterocycles. The third kappa shape index (κ3) is 14.4. The highest BCUT2D eigenvalue weighted by Gasteiger charge is 2.25. The van der Waals surface area contributed by atoms with Crippen molar-refractivity contribution in [2.24, 2.45) is 17.4 Å². The van der Waals surface area contributed by atoms with E-state index in [1.54, 1.807) is 38.1 Å². The summed E-state index contributed by atoms with van der Waals surface area (Å²) in [5, 5.41) is 19.3. The molecule has 15 heteroatoms. The summed E-state index contributed by atoms with van der Waals surface area (Å²) >= 11 is 0. The Balaban J connectivity index is 0.00000120. The second-order valence-electron chi connectivity index (χ2n) is 10.4. The monoisotopic (exact) mass is 617 g/mol. The fraction of sp³-hybridized carbons (Fsp3) is 0.483. The Kier molecular flexibility index (Phi) is 16.4. The third-order valence-corrected chi connectivity index (χ3v) is 6.34. The van der Waals surface area contributed by atoms with Crippen LogP contribution < -0.4 is 32.7 Å². The van der Waals surface area contributed by atoms with E-state index in [-0.39, 0.29) is 43.7 Å². The highest BCUT2D eigenvalue weighted by molar-refractivity contribution is 6.12. The van der Waals surface area contributed by atoms with Gasteiger partial charge in [0.1, 0.15) is 6.04 Å². The molecule has 15 nitrogen and oxygen atoms in total. The van der Waals surface area contributed by atoms with Crippen molar-refractivity contribution in [3.05, 3.63) is 42.0 Å². The molecule has 0 unspecified atom stereocenters. The van der Waals surface area contributed by atoms with Crippen molar-refractivity contribution in [2.75, 3.05) is 11.9 Å². The van der Waals surface area contributed by atoms with Crippen molar-refractivity contribution >= 4 is 47.3 Å². The van der Waals surface area contributed by atoms with E-state index in [4.69, 9.17) is 11.5 Å². The zero-order chi connectivity index (χ0) is 33.2. The Hall–Kier alpha value is -4.79. The summed E-state index contributed by atoms with van der Waals surface area (Å²) in [7, 11) is 0. The predicted octanol–water partition coefficient (Wildman–Crippen LogP) is 1.33. The minimum atomic E-state index is -1.32. The number of hydrogen-bond acceptors (Lipinski definition) is 8. The molecule has 2 atom stereocenters. The van der Waals surface area contributed by atoms with Gasteiger partial charge in [-0.3, -0.25) is 29.3 Å². The number of rotatable bonds is 15.